The molecule has 216 valence electrons. The minimum Gasteiger partial charge on any atom is -0.481 e. The van der Waals surface area contributed by atoms with Crippen molar-refractivity contribution in [2.45, 2.75) is 69.0 Å². The molecule has 0 radical (unpaired) electrons. The van der Waals surface area contributed by atoms with Crippen molar-refractivity contribution in [2.75, 3.05) is 13.1 Å². The minimum atomic E-state index is -4.30. The van der Waals surface area contributed by atoms with E-state index < -0.39 is 40.5 Å². The van der Waals surface area contributed by atoms with Crippen molar-refractivity contribution in [1.82, 2.24) is 14.5 Å². The maximum atomic E-state index is 14.0. The van der Waals surface area contributed by atoms with Crippen LogP contribution in [0.4, 0.5) is 0 Å². The molecular weight excluding hydrogens is 577 g/mol. The van der Waals surface area contributed by atoms with Crippen LogP contribution in [0.5, 0.6) is 0 Å². The molecule has 2 aliphatic rings. The molecule has 0 aromatic heterocycles. The van der Waals surface area contributed by atoms with Crippen molar-refractivity contribution >= 4 is 51.0 Å². The first-order chi connectivity index (χ1) is 19.0. The van der Waals surface area contributed by atoms with E-state index in [1.54, 1.807) is 18.2 Å². The number of amides is 2. The van der Waals surface area contributed by atoms with Crippen LogP contribution in [0, 0.1) is 12.8 Å². The van der Waals surface area contributed by atoms with E-state index in [-0.39, 0.29) is 39.9 Å². The molecule has 2 unspecified atom stereocenters. The Morgan fingerprint density at radius 1 is 1.00 bits per heavy atom. The molecular formula is C28H33Cl2N3O6S. The SMILES string of the molecule is Cc1cccc(C(CC(=O)O)NC(=O)C2N(C(=O)C3CCCCC3)CCCN2S(=O)(=O)c2ccc(Cl)c(Cl)c2)c1. The van der Waals surface area contributed by atoms with Crippen LogP contribution in [0.1, 0.15) is 62.1 Å². The summed E-state index contributed by atoms with van der Waals surface area (Å²) in [5.74, 6) is -2.46. The fourth-order valence-corrected chi connectivity index (χ4v) is 7.45. The molecule has 1 saturated heterocycles. The predicted octanol–water partition coefficient (Wildman–Crippen LogP) is 4.76. The number of carboxylic acid groups (broad SMARTS) is 1. The summed E-state index contributed by atoms with van der Waals surface area (Å²) in [6, 6.07) is 10.0. The number of benzene rings is 2. The van der Waals surface area contributed by atoms with Crippen molar-refractivity contribution in [3.63, 3.8) is 0 Å². The van der Waals surface area contributed by atoms with Crippen LogP contribution in [0.2, 0.25) is 10.0 Å². The minimum absolute atomic E-state index is 0.0108. The fourth-order valence-electron chi connectivity index (χ4n) is 5.47. The average molecular weight is 611 g/mol. The molecule has 9 nitrogen and oxygen atoms in total. The normalized spacial score (nSPS) is 19.7. The van der Waals surface area contributed by atoms with Gasteiger partial charge in [-0.05, 0) is 49.9 Å². The second-order valence-corrected chi connectivity index (χ2v) is 13.1. The van der Waals surface area contributed by atoms with E-state index in [1.807, 2.05) is 13.0 Å². The quantitative estimate of drug-likeness (QED) is 0.444. The van der Waals surface area contributed by atoms with Gasteiger partial charge in [0, 0.05) is 19.0 Å². The number of nitrogens with one attached hydrogen (secondary N) is 1. The van der Waals surface area contributed by atoms with Crippen molar-refractivity contribution in [1.29, 1.82) is 0 Å². The molecule has 2 atom stereocenters. The number of aryl methyl sites for hydroxylation is 1. The van der Waals surface area contributed by atoms with E-state index in [1.165, 1.54) is 23.1 Å². The summed E-state index contributed by atoms with van der Waals surface area (Å²) >= 11 is 12.1. The van der Waals surface area contributed by atoms with Crippen LogP contribution in [-0.4, -0.2) is 59.8 Å². The zero-order valence-electron chi connectivity index (χ0n) is 22.2. The van der Waals surface area contributed by atoms with Gasteiger partial charge in [-0.25, -0.2) is 8.42 Å². The predicted molar refractivity (Wildman–Crippen MR) is 151 cm³/mol. The van der Waals surface area contributed by atoms with Gasteiger partial charge in [-0.15, -0.1) is 0 Å². The number of hydrogen-bond donors (Lipinski definition) is 2. The highest BCUT2D eigenvalue weighted by molar-refractivity contribution is 7.89. The Morgan fingerprint density at radius 2 is 1.73 bits per heavy atom. The lowest BCUT2D eigenvalue weighted by Crippen LogP contribution is -2.64. The van der Waals surface area contributed by atoms with Gasteiger partial charge in [-0.2, -0.15) is 4.31 Å². The van der Waals surface area contributed by atoms with Gasteiger partial charge in [0.05, 0.1) is 27.4 Å². The Hall–Kier alpha value is -2.66. The monoisotopic (exact) mass is 609 g/mol. The van der Waals surface area contributed by atoms with Gasteiger partial charge in [0.15, 0.2) is 6.17 Å². The summed E-state index contributed by atoms with van der Waals surface area (Å²) < 4.78 is 28.8. The molecule has 2 aromatic carbocycles. The van der Waals surface area contributed by atoms with Crippen molar-refractivity contribution in [2.24, 2.45) is 5.92 Å². The highest BCUT2D eigenvalue weighted by Crippen LogP contribution is 2.32. The van der Waals surface area contributed by atoms with Crippen LogP contribution in [0.15, 0.2) is 47.4 Å². The van der Waals surface area contributed by atoms with Crippen LogP contribution in [0.3, 0.4) is 0 Å². The lowest BCUT2D eigenvalue weighted by Gasteiger charge is -2.43. The third kappa shape index (κ3) is 6.79. The number of aliphatic carboxylic acids is 1. The summed E-state index contributed by atoms with van der Waals surface area (Å²) in [7, 11) is -4.30. The molecule has 2 fully saturated rings. The van der Waals surface area contributed by atoms with E-state index in [4.69, 9.17) is 23.2 Å². The molecule has 12 heteroatoms. The largest absolute Gasteiger partial charge is 0.481 e. The van der Waals surface area contributed by atoms with Crippen molar-refractivity contribution in [3.05, 3.63) is 63.6 Å². The molecule has 2 aromatic rings. The number of nitrogens with zero attached hydrogens (tertiary/aromatic N) is 2. The number of rotatable bonds is 8. The number of halogens is 2. The van der Waals surface area contributed by atoms with Crippen LogP contribution in [0.25, 0.3) is 0 Å². The molecule has 40 heavy (non-hydrogen) atoms. The highest BCUT2D eigenvalue weighted by Gasteiger charge is 2.46. The number of carbonyl (C=O) groups is 3. The standard InChI is InChI=1S/C28H33Cl2N3O6S/c1-18-7-5-10-20(15-18)24(17-25(34)35)31-26(36)27-32(28(37)19-8-3-2-4-9-19)13-6-14-33(27)40(38,39)21-11-12-22(29)23(30)16-21/h5,7,10-12,15-16,19,24,27H,2-4,6,8-9,13-14,17H2,1H3,(H,31,36)(H,34,35). The second kappa shape index (κ2) is 12.9. The number of sulfonamides is 1. The first-order valence-electron chi connectivity index (χ1n) is 13.3. The summed E-state index contributed by atoms with van der Waals surface area (Å²) in [5, 5.41) is 12.6. The Bertz CT molecular complexity index is 1380. The molecule has 1 aliphatic heterocycles. The average Bonchev–Trinajstić information content (AvgIpc) is 2.93. The van der Waals surface area contributed by atoms with E-state index >= 15 is 0 Å². The van der Waals surface area contributed by atoms with Crippen molar-refractivity contribution in [3.8, 4) is 0 Å². The Kier molecular flexibility index (Phi) is 9.76. The molecule has 2 amide bonds. The van der Waals surface area contributed by atoms with Gasteiger partial charge in [-0.1, -0.05) is 72.3 Å². The summed E-state index contributed by atoms with van der Waals surface area (Å²) in [4.78, 5) is 40.7. The number of carbonyl (C=O) groups excluding carboxylic acids is 2. The molecule has 1 saturated carbocycles. The third-order valence-corrected chi connectivity index (χ3v) is 10.0. The zero-order chi connectivity index (χ0) is 29.0. The van der Waals surface area contributed by atoms with E-state index in [0.717, 1.165) is 29.1 Å². The third-order valence-electron chi connectivity index (χ3n) is 7.45. The Balaban J connectivity index is 1.74. The topological polar surface area (TPSA) is 124 Å². The first kappa shape index (κ1) is 30.3. The molecule has 1 heterocycles. The van der Waals surface area contributed by atoms with E-state index in [9.17, 15) is 27.9 Å². The van der Waals surface area contributed by atoms with Crippen LogP contribution < -0.4 is 5.32 Å². The smallest absolute Gasteiger partial charge is 0.305 e. The summed E-state index contributed by atoms with van der Waals surface area (Å²) in [6.07, 6.45) is 2.57. The molecule has 0 bridgehead atoms. The highest BCUT2D eigenvalue weighted by atomic mass is 35.5. The second-order valence-electron chi connectivity index (χ2n) is 10.4. The van der Waals surface area contributed by atoms with Gasteiger partial charge in [0.1, 0.15) is 0 Å². The van der Waals surface area contributed by atoms with Gasteiger partial charge < -0.3 is 15.3 Å². The molecule has 1 aliphatic carbocycles. The molecule has 2 N–H and O–H groups in total. The van der Waals surface area contributed by atoms with Crippen molar-refractivity contribution < 1.29 is 27.9 Å². The van der Waals surface area contributed by atoms with Gasteiger partial charge in [0.25, 0.3) is 5.91 Å². The number of carboxylic acids is 1. The molecule has 0 spiro atoms. The van der Waals surface area contributed by atoms with Crippen LogP contribution >= 0.6 is 23.2 Å². The fraction of sp³-hybridized carbons (Fsp3) is 0.464. The summed E-state index contributed by atoms with van der Waals surface area (Å²) in [5.41, 5.74) is 1.44. The summed E-state index contributed by atoms with van der Waals surface area (Å²) in [6.45, 7) is 2.04. The first-order valence-corrected chi connectivity index (χ1v) is 15.5. The Morgan fingerprint density at radius 3 is 2.38 bits per heavy atom. The maximum absolute atomic E-state index is 14.0. The van der Waals surface area contributed by atoms with Gasteiger partial charge in [-0.3, -0.25) is 14.4 Å². The lowest BCUT2D eigenvalue weighted by molar-refractivity contribution is -0.151. The molecule has 4 rings (SSSR count). The van der Waals surface area contributed by atoms with Gasteiger partial charge in [0.2, 0.25) is 15.9 Å². The number of hydrogen-bond acceptors (Lipinski definition) is 5. The van der Waals surface area contributed by atoms with E-state index in [0.29, 0.717) is 24.8 Å². The van der Waals surface area contributed by atoms with Gasteiger partial charge >= 0.3 is 5.97 Å². The lowest BCUT2D eigenvalue weighted by atomic mass is 9.88. The maximum Gasteiger partial charge on any atom is 0.305 e. The zero-order valence-corrected chi connectivity index (χ0v) is 24.5. The Labute approximate surface area is 244 Å². The van der Waals surface area contributed by atoms with E-state index in [2.05, 4.69) is 5.32 Å². The van der Waals surface area contributed by atoms with Crippen LogP contribution in [-0.2, 0) is 24.4 Å².